The van der Waals surface area contributed by atoms with E-state index in [0.29, 0.717) is 13.2 Å². The average Bonchev–Trinajstić information content (AvgIpc) is 2.26. The van der Waals surface area contributed by atoms with Crippen LogP contribution in [0, 0.1) is 0 Å². The molecule has 0 radical (unpaired) electrons. The van der Waals surface area contributed by atoms with Gasteiger partial charge in [-0.25, -0.2) is 0 Å². The van der Waals surface area contributed by atoms with Gasteiger partial charge in [-0.3, -0.25) is 4.84 Å². The molecule has 1 N–H and O–H groups in total. The van der Waals surface area contributed by atoms with Gasteiger partial charge < -0.3 is 4.74 Å². The van der Waals surface area contributed by atoms with Gasteiger partial charge in [0.1, 0.15) is 12.4 Å². The van der Waals surface area contributed by atoms with E-state index >= 15 is 0 Å². The van der Waals surface area contributed by atoms with Crippen LogP contribution in [-0.2, 0) is 11.4 Å². The number of benzene rings is 1. The Morgan fingerprint density at radius 2 is 1.88 bits per heavy atom. The van der Waals surface area contributed by atoms with E-state index in [0.717, 1.165) is 11.3 Å². The standard InChI is InChI=1S/C14H21NO2/c1-5-10-16-13-8-6-12(7-9-13)11-15-17-14(2,3)4/h5-9,15H,1,10-11H2,2-4H3. The van der Waals surface area contributed by atoms with E-state index < -0.39 is 0 Å². The van der Waals surface area contributed by atoms with E-state index in [-0.39, 0.29) is 5.60 Å². The molecule has 0 atom stereocenters. The minimum Gasteiger partial charge on any atom is -0.490 e. The summed E-state index contributed by atoms with van der Waals surface area (Å²) >= 11 is 0. The zero-order chi connectivity index (χ0) is 12.7. The minimum atomic E-state index is -0.174. The minimum absolute atomic E-state index is 0.174. The maximum atomic E-state index is 5.43. The molecule has 0 unspecified atom stereocenters. The molecule has 0 amide bonds. The highest BCUT2D eigenvalue weighted by atomic mass is 16.7. The largest absolute Gasteiger partial charge is 0.490 e. The lowest BCUT2D eigenvalue weighted by Crippen LogP contribution is -2.28. The molecule has 0 spiro atoms. The van der Waals surface area contributed by atoms with E-state index in [1.807, 2.05) is 45.0 Å². The Balaban J connectivity index is 2.37. The fourth-order valence-electron chi connectivity index (χ4n) is 1.19. The van der Waals surface area contributed by atoms with Crippen LogP contribution in [0.1, 0.15) is 26.3 Å². The lowest BCUT2D eigenvalue weighted by Gasteiger charge is -2.19. The first-order chi connectivity index (χ1) is 8.01. The number of ether oxygens (including phenoxy) is 1. The van der Waals surface area contributed by atoms with Crippen LogP contribution in [0.4, 0.5) is 0 Å². The zero-order valence-corrected chi connectivity index (χ0v) is 10.8. The van der Waals surface area contributed by atoms with Crippen molar-refractivity contribution in [2.75, 3.05) is 6.61 Å². The predicted octanol–water partition coefficient (Wildman–Crippen LogP) is 3.07. The number of nitrogens with one attached hydrogen (secondary N) is 1. The van der Waals surface area contributed by atoms with Crippen molar-refractivity contribution in [1.29, 1.82) is 0 Å². The van der Waals surface area contributed by atoms with Crippen molar-refractivity contribution in [2.45, 2.75) is 32.9 Å². The molecule has 1 rings (SSSR count). The van der Waals surface area contributed by atoms with E-state index in [1.54, 1.807) is 6.08 Å². The molecule has 1 aromatic carbocycles. The Morgan fingerprint density at radius 1 is 1.24 bits per heavy atom. The Morgan fingerprint density at radius 3 is 2.41 bits per heavy atom. The molecule has 0 bridgehead atoms. The number of rotatable bonds is 6. The van der Waals surface area contributed by atoms with Crippen LogP contribution < -0.4 is 10.2 Å². The fraction of sp³-hybridized carbons (Fsp3) is 0.429. The van der Waals surface area contributed by atoms with Gasteiger partial charge in [-0.1, -0.05) is 24.8 Å². The lowest BCUT2D eigenvalue weighted by molar-refractivity contribution is -0.0757. The van der Waals surface area contributed by atoms with Crippen molar-refractivity contribution < 1.29 is 9.57 Å². The maximum absolute atomic E-state index is 5.43. The predicted molar refractivity (Wildman–Crippen MR) is 69.8 cm³/mol. The second-order valence-electron chi connectivity index (χ2n) is 4.78. The van der Waals surface area contributed by atoms with Crippen LogP contribution in [0.5, 0.6) is 5.75 Å². The molecule has 0 fully saturated rings. The lowest BCUT2D eigenvalue weighted by atomic mass is 10.2. The Bertz CT molecular complexity index is 338. The Hall–Kier alpha value is -1.32. The van der Waals surface area contributed by atoms with Gasteiger partial charge in [-0.05, 0) is 38.5 Å². The summed E-state index contributed by atoms with van der Waals surface area (Å²) in [6.07, 6.45) is 1.73. The van der Waals surface area contributed by atoms with Gasteiger partial charge in [0.05, 0.1) is 5.60 Å². The third-order valence-corrected chi connectivity index (χ3v) is 1.95. The molecule has 0 aliphatic heterocycles. The SMILES string of the molecule is C=CCOc1ccc(CNOC(C)(C)C)cc1. The molecule has 0 aliphatic carbocycles. The van der Waals surface area contributed by atoms with Gasteiger partial charge in [0.15, 0.2) is 0 Å². The number of hydrogen-bond acceptors (Lipinski definition) is 3. The zero-order valence-electron chi connectivity index (χ0n) is 10.8. The summed E-state index contributed by atoms with van der Waals surface area (Å²) in [5, 5.41) is 0. The summed E-state index contributed by atoms with van der Waals surface area (Å²) in [5.41, 5.74) is 3.93. The summed E-state index contributed by atoms with van der Waals surface area (Å²) in [6.45, 7) is 10.8. The molecule has 0 aromatic heterocycles. The summed E-state index contributed by atoms with van der Waals surface area (Å²) in [4.78, 5) is 5.43. The molecule has 94 valence electrons. The van der Waals surface area contributed by atoms with Gasteiger partial charge >= 0.3 is 0 Å². The highest BCUT2D eigenvalue weighted by Gasteiger charge is 2.09. The smallest absolute Gasteiger partial charge is 0.119 e. The highest BCUT2D eigenvalue weighted by Crippen LogP contribution is 2.12. The van der Waals surface area contributed by atoms with Gasteiger partial charge in [-0.2, -0.15) is 5.48 Å². The monoisotopic (exact) mass is 235 g/mol. The summed E-state index contributed by atoms with van der Waals surface area (Å²) in [5.74, 6) is 0.852. The van der Waals surface area contributed by atoms with Crippen molar-refractivity contribution in [1.82, 2.24) is 5.48 Å². The Labute approximate surface area is 103 Å². The first-order valence-electron chi connectivity index (χ1n) is 5.75. The van der Waals surface area contributed by atoms with Crippen molar-refractivity contribution in [3.8, 4) is 5.75 Å². The van der Waals surface area contributed by atoms with Crippen molar-refractivity contribution in [3.63, 3.8) is 0 Å². The number of hydroxylamine groups is 1. The van der Waals surface area contributed by atoms with Crippen LogP contribution >= 0.6 is 0 Å². The molecular formula is C14H21NO2. The normalized spacial score (nSPS) is 11.2. The molecule has 0 saturated carbocycles. The van der Waals surface area contributed by atoms with Crippen LogP contribution in [0.3, 0.4) is 0 Å². The van der Waals surface area contributed by atoms with E-state index in [1.165, 1.54) is 0 Å². The second kappa shape index (κ2) is 6.42. The molecule has 0 heterocycles. The summed E-state index contributed by atoms with van der Waals surface area (Å²) in [6, 6.07) is 7.91. The van der Waals surface area contributed by atoms with Crippen molar-refractivity contribution in [2.24, 2.45) is 0 Å². The molecule has 0 aliphatic rings. The van der Waals surface area contributed by atoms with E-state index in [2.05, 4.69) is 12.1 Å². The molecule has 17 heavy (non-hydrogen) atoms. The first-order valence-corrected chi connectivity index (χ1v) is 5.75. The third kappa shape index (κ3) is 6.09. The van der Waals surface area contributed by atoms with Gasteiger partial charge in [0, 0.05) is 6.54 Å². The van der Waals surface area contributed by atoms with Crippen LogP contribution in [0.25, 0.3) is 0 Å². The summed E-state index contributed by atoms with van der Waals surface area (Å²) < 4.78 is 5.40. The summed E-state index contributed by atoms with van der Waals surface area (Å²) in [7, 11) is 0. The number of hydrogen-bond donors (Lipinski definition) is 1. The van der Waals surface area contributed by atoms with Gasteiger partial charge in [-0.15, -0.1) is 0 Å². The quantitative estimate of drug-likeness (QED) is 0.607. The molecule has 0 saturated heterocycles. The molecule has 3 nitrogen and oxygen atoms in total. The Kier molecular flexibility index (Phi) is 5.19. The molecule has 3 heteroatoms. The third-order valence-electron chi connectivity index (χ3n) is 1.95. The fourth-order valence-corrected chi connectivity index (χ4v) is 1.19. The molecular weight excluding hydrogens is 214 g/mol. The van der Waals surface area contributed by atoms with Crippen LogP contribution in [-0.4, -0.2) is 12.2 Å². The van der Waals surface area contributed by atoms with Crippen LogP contribution in [0.2, 0.25) is 0 Å². The van der Waals surface area contributed by atoms with E-state index in [9.17, 15) is 0 Å². The topological polar surface area (TPSA) is 30.5 Å². The second-order valence-corrected chi connectivity index (χ2v) is 4.78. The maximum Gasteiger partial charge on any atom is 0.119 e. The average molecular weight is 235 g/mol. The van der Waals surface area contributed by atoms with E-state index in [4.69, 9.17) is 9.57 Å². The van der Waals surface area contributed by atoms with Gasteiger partial charge in [0.25, 0.3) is 0 Å². The van der Waals surface area contributed by atoms with Gasteiger partial charge in [0.2, 0.25) is 0 Å². The van der Waals surface area contributed by atoms with Crippen LogP contribution in [0.15, 0.2) is 36.9 Å². The first kappa shape index (κ1) is 13.7. The van der Waals surface area contributed by atoms with Crippen molar-refractivity contribution in [3.05, 3.63) is 42.5 Å². The molecule has 1 aromatic rings. The highest BCUT2D eigenvalue weighted by molar-refractivity contribution is 5.27. The van der Waals surface area contributed by atoms with Crippen molar-refractivity contribution >= 4 is 0 Å².